The average molecular weight is 258 g/mol. The van der Waals surface area contributed by atoms with Crippen molar-refractivity contribution >= 4 is 34.2 Å². The predicted molar refractivity (Wildman–Crippen MR) is 66.2 cm³/mol. The largest absolute Gasteiger partial charge is 0.465 e. The molecule has 0 bridgehead atoms. The summed E-state index contributed by atoms with van der Waals surface area (Å²) in [4.78, 5) is 21.2. The number of nitrogens with one attached hydrogen (secondary N) is 2. The lowest BCUT2D eigenvalue weighted by molar-refractivity contribution is 0.208. The second-order valence-electron chi connectivity index (χ2n) is 3.92. The zero-order chi connectivity index (χ0) is 13.0. The van der Waals surface area contributed by atoms with E-state index in [1.807, 2.05) is 13.8 Å². The summed E-state index contributed by atoms with van der Waals surface area (Å²) in [6.07, 6.45) is -1.73. The first kappa shape index (κ1) is 13.3. The molecule has 2 amide bonds. The summed E-state index contributed by atoms with van der Waals surface area (Å²) in [5, 5.41) is 23.8. The molecule has 0 aliphatic rings. The van der Waals surface area contributed by atoms with Crippen LogP contribution >= 0.6 is 11.3 Å². The Hall–Kier alpha value is -1.76. The van der Waals surface area contributed by atoms with E-state index >= 15 is 0 Å². The molecule has 0 unspecified atom stereocenters. The quantitative estimate of drug-likeness (QED) is 0.666. The van der Waals surface area contributed by atoms with Crippen LogP contribution in [0.25, 0.3) is 0 Å². The van der Waals surface area contributed by atoms with Gasteiger partial charge < -0.3 is 10.2 Å². The maximum Gasteiger partial charge on any atom is 0.409 e. The van der Waals surface area contributed by atoms with E-state index in [0.717, 1.165) is 5.56 Å². The highest BCUT2D eigenvalue weighted by Crippen LogP contribution is 2.35. The molecule has 4 N–H and O–H groups in total. The van der Waals surface area contributed by atoms with Gasteiger partial charge in [0, 0.05) is 0 Å². The second kappa shape index (κ2) is 5.53. The second-order valence-corrected chi connectivity index (χ2v) is 4.80. The van der Waals surface area contributed by atoms with Crippen molar-refractivity contribution < 1.29 is 19.8 Å². The van der Waals surface area contributed by atoms with E-state index in [1.165, 1.54) is 11.3 Å². The first-order chi connectivity index (χ1) is 7.90. The molecular formula is C10H14N2O4S. The lowest BCUT2D eigenvalue weighted by atomic mass is 10.0. The van der Waals surface area contributed by atoms with Gasteiger partial charge in [-0.25, -0.2) is 9.59 Å². The van der Waals surface area contributed by atoms with Crippen LogP contribution in [0.5, 0.6) is 0 Å². The van der Waals surface area contributed by atoms with Gasteiger partial charge in [0.15, 0.2) is 0 Å². The zero-order valence-corrected chi connectivity index (χ0v) is 10.3. The molecule has 0 aliphatic carbocycles. The highest BCUT2D eigenvalue weighted by atomic mass is 32.1. The van der Waals surface area contributed by atoms with Crippen molar-refractivity contribution in [2.45, 2.75) is 20.3 Å². The van der Waals surface area contributed by atoms with E-state index in [2.05, 4.69) is 10.6 Å². The monoisotopic (exact) mass is 258 g/mol. The number of thiophene rings is 1. The molecule has 0 fully saturated rings. The maximum absolute atomic E-state index is 10.7. The molecule has 0 saturated carbocycles. The summed E-state index contributed by atoms with van der Waals surface area (Å²) in [5.74, 6) is 0.358. The van der Waals surface area contributed by atoms with Gasteiger partial charge in [0.05, 0.1) is 5.69 Å². The minimum absolute atomic E-state index is 0.301. The van der Waals surface area contributed by atoms with E-state index in [4.69, 9.17) is 10.2 Å². The zero-order valence-electron chi connectivity index (χ0n) is 9.48. The van der Waals surface area contributed by atoms with Crippen molar-refractivity contribution in [3.8, 4) is 0 Å². The predicted octanol–water partition coefficient (Wildman–Crippen LogP) is 3.13. The Bertz CT molecular complexity index is 428. The number of anilines is 2. The Morgan fingerprint density at radius 1 is 1.29 bits per heavy atom. The standard InChI is InChI=1S/C10H14N2O4S/c1-5(2)3-6-4-17-8(12-10(15)16)7(6)11-9(13)14/h4-5,11-12H,3H2,1-2H3,(H,13,14)(H,15,16). The maximum atomic E-state index is 10.7. The Balaban J connectivity index is 3.00. The van der Waals surface area contributed by atoms with Crippen molar-refractivity contribution in [2.75, 3.05) is 10.6 Å². The molecule has 0 radical (unpaired) electrons. The third-order valence-electron chi connectivity index (χ3n) is 1.95. The molecular weight excluding hydrogens is 244 g/mol. The van der Waals surface area contributed by atoms with Crippen LogP contribution in [-0.4, -0.2) is 22.4 Å². The molecule has 0 aromatic carbocycles. The van der Waals surface area contributed by atoms with Crippen LogP contribution in [0.1, 0.15) is 19.4 Å². The highest BCUT2D eigenvalue weighted by molar-refractivity contribution is 7.15. The van der Waals surface area contributed by atoms with Crippen LogP contribution in [0.3, 0.4) is 0 Å². The van der Waals surface area contributed by atoms with Crippen LogP contribution in [0, 0.1) is 5.92 Å². The fourth-order valence-corrected chi connectivity index (χ4v) is 2.34. The van der Waals surface area contributed by atoms with Crippen molar-refractivity contribution in [3.05, 3.63) is 10.9 Å². The number of carbonyl (C=O) groups is 2. The first-order valence-corrected chi connectivity index (χ1v) is 5.88. The molecule has 0 saturated heterocycles. The Labute approximate surface area is 102 Å². The third kappa shape index (κ3) is 3.95. The van der Waals surface area contributed by atoms with E-state index < -0.39 is 12.2 Å². The Kier molecular flexibility index (Phi) is 4.33. The smallest absolute Gasteiger partial charge is 0.409 e. The van der Waals surface area contributed by atoms with Crippen LogP contribution in [0.15, 0.2) is 5.38 Å². The van der Waals surface area contributed by atoms with Crippen molar-refractivity contribution in [1.82, 2.24) is 0 Å². The van der Waals surface area contributed by atoms with E-state index in [-0.39, 0.29) is 0 Å². The lowest BCUT2D eigenvalue weighted by Crippen LogP contribution is -2.13. The summed E-state index contributed by atoms with van der Waals surface area (Å²) in [6.45, 7) is 4.01. The van der Waals surface area contributed by atoms with Gasteiger partial charge >= 0.3 is 12.2 Å². The summed E-state index contributed by atoms with van der Waals surface area (Å²) in [7, 11) is 0. The molecule has 6 nitrogen and oxygen atoms in total. The average Bonchev–Trinajstić information content (AvgIpc) is 2.47. The van der Waals surface area contributed by atoms with E-state index in [9.17, 15) is 9.59 Å². The molecule has 94 valence electrons. The topological polar surface area (TPSA) is 98.7 Å². The molecule has 1 aromatic rings. The Morgan fingerprint density at radius 2 is 1.88 bits per heavy atom. The van der Waals surface area contributed by atoms with Crippen molar-refractivity contribution in [2.24, 2.45) is 5.92 Å². The summed E-state index contributed by atoms with van der Waals surface area (Å²) in [5.41, 5.74) is 1.13. The van der Waals surface area contributed by atoms with Gasteiger partial charge in [0.2, 0.25) is 0 Å². The Morgan fingerprint density at radius 3 is 2.35 bits per heavy atom. The molecule has 1 aromatic heterocycles. The minimum atomic E-state index is -1.21. The van der Waals surface area contributed by atoms with Crippen LogP contribution in [0.2, 0.25) is 0 Å². The molecule has 1 heterocycles. The van der Waals surface area contributed by atoms with Crippen LogP contribution in [0.4, 0.5) is 20.3 Å². The lowest BCUT2D eigenvalue weighted by Gasteiger charge is -2.08. The number of carboxylic acid groups (broad SMARTS) is 2. The highest BCUT2D eigenvalue weighted by Gasteiger charge is 2.16. The molecule has 1 rings (SSSR count). The fraction of sp³-hybridized carbons (Fsp3) is 0.400. The number of amides is 2. The molecule has 0 atom stereocenters. The van der Waals surface area contributed by atoms with E-state index in [0.29, 0.717) is 23.0 Å². The number of hydrogen-bond acceptors (Lipinski definition) is 3. The van der Waals surface area contributed by atoms with Gasteiger partial charge in [-0.3, -0.25) is 10.6 Å². The molecule has 0 spiro atoms. The van der Waals surface area contributed by atoms with Gasteiger partial charge in [-0.1, -0.05) is 13.8 Å². The van der Waals surface area contributed by atoms with Gasteiger partial charge in [-0.2, -0.15) is 0 Å². The normalized spacial score (nSPS) is 10.3. The number of hydrogen-bond donors (Lipinski definition) is 4. The SMILES string of the molecule is CC(C)Cc1csc(NC(=O)O)c1NC(=O)O. The van der Waals surface area contributed by atoms with Gasteiger partial charge in [-0.15, -0.1) is 11.3 Å². The summed E-state index contributed by atoms with van der Waals surface area (Å²) >= 11 is 1.17. The first-order valence-electron chi connectivity index (χ1n) is 5.00. The van der Waals surface area contributed by atoms with Crippen LogP contribution < -0.4 is 10.6 Å². The number of rotatable bonds is 4. The third-order valence-corrected chi connectivity index (χ3v) is 2.89. The summed E-state index contributed by atoms with van der Waals surface area (Å²) < 4.78 is 0. The van der Waals surface area contributed by atoms with Gasteiger partial charge in [0.1, 0.15) is 5.00 Å². The van der Waals surface area contributed by atoms with Crippen LogP contribution in [-0.2, 0) is 6.42 Å². The minimum Gasteiger partial charge on any atom is -0.465 e. The molecule has 7 heteroatoms. The van der Waals surface area contributed by atoms with Gasteiger partial charge in [0.25, 0.3) is 0 Å². The van der Waals surface area contributed by atoms with Gasteiger partial charge in [-0.05, 0) is 23.3 Å². The fourth-order valence-electron chi connectivity index (χ4n) is 1.42. The summed E-state index contributed by atoms with van der Waals surface area (Å²) in [6, 6.07) is 0. The van der Waals surface area contributed by atoms with Crippen molar-refractivity contribution in [1.29, 1.82) is 0 Å². The molecule has 0 aliphatic heterocycles. The van der Waals surface area contributed by atoms with Crippen molar-refractivity contribution in [3.63, 3.8) is 0 Å². The van der Waals surface area contributed by atoms with E-state index in [1.54, 1.807) is 5.38 Å². The molecule has 17 heavy (non-hydrogen) atoms.